The van der Waals surface area contributed by atoms with E-state index in [1.165, 1.54) is 18.2 Å². The van der Waals surface area contributed by atoms with Crippen molar-refractivity contribution in [1.29, 1.82) is 0 Å². The molecule has 1 nitrogen and oxygen atoms in total. The standard InChI is InChI=1S/C13H8ClFO/c14-11-6-10(7-12(15)8-11)13(16)9-4-2-1-3-5-9/h1-8H. The largest absolute Gasteiger partial charge is 0.289 e. The second kappa shape index (κ2) is 4.45. The predicted molar refractivity (Wildman–Crippen MR) is 61.3 cm³/mol. The van der Waals surface area contributed by atoms with Crippen LogP contribution in [0.15, 0.2) is 48.5 Å². The Labute approximate surface area is 97.5 Å². The minimum atomic E-state index is -0.508. The van der Waals surface area contributed by atoms with Gasteiger partial charge in [0.05, 0.1) is 0 Å². The van der Waals surface area contributed by atoms with Gasteiger partial charge < -0.3 is 0 Å². The predicted octanol–water partition coefficient (Wildman–Crippen LogP) is 3.71. The highest BCUT2D eigenvalue weighted by Crippen LogP contribution is 2.17. The highest BCUT2D eigenvalue weighted by molar-refractivity contribution is 6.31. The molecule has 0 aliphatic carbocycles. The zero-order valence-corrected chi connectivity index (χ0v) is 9.04. The van der Waals surface area contributed by atoms with Gasteiger partial charge in [-0.25, -0.2) is 4.39 Å². The van der Waals surface area contributed by atoms with E-state index in [1.54, 1.807) is 24.3 Å². The van der Waals surface area contributed by atoms with E-state index in [4.69, 9.17) is 11.6 Å². The molecular formula is C13H8ClFO. The van der Waals surface area contributed by atoms with Gasteiger partial charge in [0, 0.05) is 16.1 Å². The van der Waals surface area contributed by atoms with E-state index in [0.29, 0.717) is 5.56 Å². The second-order valence-electron chi connectivity index (χ2n) is 3.35. The molecule has 0 fully saturated rings. The van der Waals surface area contributed by atoms with Crippen LogP contribution in [-0.4, -0.2) is 5.78 Å². The van der Waals surface area contributed by atoms with Crippen LogP contribution in [0.1, 0.15) is 15.9 Å². The lowest BCUT2D eigenvalue weighted by atomic mass is 10.0. The van der Waals surface area contributed by atoms with Crippen molar-refractivity contribution in [2.75, 3.05) is 0 Å². The fraction of sp³-hybridized carbons (Fsp3) is 0. The first-order valence-electron chi connectivity index (χ1n) is 4.72. The number of carbonyl (C=O) groups is 1. The van der Waals surface area contributed by atoms with Gasteiger partial charge in [0.15, 0.2) is 5.78 Å². The van der Waals surface area contributed by atoms with E-state index in [0.717, 1.165) is 0 Å². The zero-order valence-electron chi connectivity index (χ0n) is 8.28. The highest BCUT2D eigenvalue weighted by atomic mass is 35.5. The third-order valence-corrected chi connectivity index (χ3v) is 2.38. The van der Waals surface area contributed by atoms with Crippen LogP contribution in [0, 0.1) is 5.82 Å². The van der Waals surface area contributed by atoms with Crippen LogP contribution in [0.25, 0.3) is 0 Å². The summed E-state index contributed by atoms with van der Waals surface area (Å²) in [4.78, 5) is 11.9. The SMILES string of the molecule is O=C(c1ccccc1)c1cc(F)cc(Cl)c1. The van der Waals surface area contributed by atoms with Crippen molar-refractivity contribution in [3.63, 3.8) is 0 Å². The van der Waals surface area contributed by atoms with E-state index in [-0.39, 0.29) is 16.4 Å². The number of hydrogen-bond donors (Lipinski definition) is 0. The van der Waals surface area contributed by atoms with Crippen LogP contribution in [0.2, 0.25) is 5.02 Å². The molecule has 2 aromatic rings. The number of benzene rings is 2. The average molecular weight is 235 g/mol. The summed E-state index contributed by atoms with van der Waals surface area (Å²) in [5.74, 6) is -0.742. The Kier molecular flexibility index (Phi) is 3.02. The maximum absolute atomic E-state index is 13.1. The molecule has 2 aromatic carbocycles. The summed E-state index contributed by atoms with van der Waals surface area (Å²) in [6.45, 7) is 0. The second-order valence-corrected chi connectivity index (χ2v) is 3.79. The molecule has 0 saturated carbocycles. The van der Waals surface area contributed by atoms with E-state index >= 15 is 0 Å². The molecule has 0 amide bonds. The van der Waals surface area contributed by atoms with Gasteiger partial charge in [0.2, 0.25) is 0 Å². The van der Waals surface area contributed by atoms with Gasteiger partial charge in [-0.15, -0.1) is 0 Å². The van der Waals surface area contributed by atoms with Crippen LogP contribution in [-0.2, 0) is 0 Å². The van der Waals surface area contributed by atoms with Gasteiger partial charge >= 0.3 is 0 Å². The Bertz CT molecular complexity index is 502. The fourth-order valence-corrected chi connectivity index (χ4v) is 1.66. The Balaban J connectivity index is 2.42. The van der Waals surface area contributed by atoms with Crippen LogP contribution in [0.4, 0.5) is 4.39 Å². The van der Waals surface area contributed by atoms with Crippen LogP contribution in [0.5, 0.6) is 0 Å². The minimum absolute atomic E-state index is 0.222. The number of carbonyl (C=O) groups excluding carboxylic acids is 1. The summed E-state index contributed by atoms with van der Waals surface area (Å²) in [5.41, 5.74) is 0.778. The van der Waals surface area contributed by atoms with E-state index in [9.17, 15) is 9.18 Å². The van der Waals surface area contributed by atoms with Crippen molar-refractivity contribution in [1.82, 2.24) is 0 Å². The molecular weight excluding hydrogens is 227 g/mol. The number of rotatable bonds is 2. The van der Waals surface area contributed by atoms with Gasteiger partial charge in [-0.1, -0.05) is 41.9 Å². The molecule has 0 bridgehead atoms. The van der Waals surface area contributed by atoms with Crippen LogP contribution in [0.3, 0.4) is 0 Å². The topological polar surface area (TPSA) is 17.1 Å². The molecule has 0 aromatic heterocycles. The Morgan fingerprint density at radius 1 is 1.00 bits per heavy atom. The number of halogens is 2. The van der Waals surface area contributed by atoms with E-state index in [1.807, 2.05) is 6.07 Å². The summed E-state index contributed by atoms with van der Waals surface area (Å²) in [7, 11) is 0. The summed E-state index contributed by atoms with van der Waals surface area (Å²) in [6, 6.07) is 12.5. The van der Waals surface area contributed by atoms with Gasteiger partial charge in [0.1, 0.15) is 5.82 Å². The van der Waals surface area contributed by atoms with Crippen molar-refractivity contribution in [3.05, 3.63) is 70.5 Å². The lowest BCUT2D eigenvalue weighted by Gasteiger charge is -2.01. The normalized spacial score (nSPS) is 10.1. The molecule has 0 aliphatic heterocycles. The van der Waals surface area contributed by atoms with Crippen molar-refractivity contribution in [3.8, 4) is 0 Å². The third-order valence-electron chi connectivity index (χ3n) is 2.16. The maximum Gasteiger partial charge on any atom is 0.193 e. The van der Waals surface area contributed by atoms with Crippen molar-refractivity contribution >= 4 is 17.4 Å². The maximum atomic E-state index is 13.1. The van der Waals surface area contributed by atoms with Gasteiger partial charge in [0.25, 0.3) is 0 Å². The van der Waals surface area contributed by atoms with Gasteiger partial charge in [-0.05, 0) is 18.2 Å². The highest BCUT2D eigenvalue weighted by Gasteiger charge is 2.10. The number of ketones is 1. The Morgan fingerprint density at radius 3 is 2.31 bits per heavy atom. The molecule has 0 radical (unpaired) electrons. The molecule has 0 aliphatic rings. The molecule has 2 rings (SSSR count). The summed E-state index contributed by atoms with van der Waals surface area (Å²) >= 11 is 5.69. The lowest BCUT2D eigenvalue weighted by Crippen LogP contribution is -2.01. The van der Waals surface area contributed by atoms with Crippen molar-refractivity contribution < 1.29 is 9.18 Å². The molecule has 16 heavy (non-hydrogen) atoms. The summed E-state index contributed by atoms with van der Waals surface area (Å²) < 4.78 is 13.1. The molecule has 0 atom stereocenters. The lowest BCUT2D eigenvalue weighted by molar-refractivity contribution is 0.103. The van der Waals surface area contributed by atoms with Gasteiger partial charge in [-0.2, -0.15) is 0 Å². The molecule has 0 heterocycles. The fourth-order valence-electron chi connectivity index (χ4n) is 1.44. The monoisotopic (exact) mass is 234 g/mol. The van der Waals surface area contributed by atoms with Crippen LogP contribution >= 0.6 is 11.6 Å². The van der Waals surface area contributed by atoms with Crippen LogP contribution < -0.4 is 0 Å². The quantitative estimate of drug-likeness (QED) is 0.724. The first-order chi connectivity index (χ1) is 7.66. The Hall–Kier alpha value is -1.67. The molecule has 0 unspecified atom stereocenters. The van der Waals surface area contributed by atoms with E-state index < -0.39 is 5.82 Å². The smallest absolute Gasteiger partial charge is 0.193 e. The average Bonchev–Trinajstić information content (AvgIpc) is 2.28. The molecule has 3 heteroatoms. The third kappa shape index (κ3) is 2.28. The van der Waals surface area contributed by atoms with E-state index in [2.05, 4.69) is 0 Å². The summed E-state index contributed by atoms with van der Waals surface area (Å²) in [5, 5.41) is 0.222. The first kappa shape index (κ1) is 10.8. The summed E-state index contributed by atoms with van der Waals surface area (Å²) in [6.07, 6.45) is 0. The molecule has 0 saturated heterocycles. The van der Waals surface area contributed by atoms with Gasteiger partial charge in [-0.3, -0.25) is 4.79 Å². The molecule has 80 valence electrons. The van der Waals surface area contributed by atoms with Crippen molar-refractivity contribution in [2.24, 2.45) is 0 Å². The number of hydrogen-bond acceptors (Lipinski definition) is 1. The molecule has 0 spiro atoms. The van der Waals surface area contributed by atoms with Crippen molar-refractivity contribution in [2.45, 2.75) is 0 Å². The Morgan fingerprint density at radius 2 is 1.69 bits per heavy atom. The minimum Gasteiger partial charge on any atom is -0.289 e. The zero-order chi connectivity index (χ0) is 11.5. The first-order valence-corrected chi connectivity index (χ1v) is 5.10. The molecule has 0 N–H and O–H groups in total.